The fraction of sp³-hybridized carbons (Fsp3) is 0.545. The van der Waals surface area contributed by atoms with Crippen LogP contribution >= 0.6 is 11.3 Å². The molecule has 0 aromatic carbocycles. The first-order chi connectivity index (χ1) is 6.83. The summed E-state index contributed by atoms with van der Waals surface area (Å²) in [5.74, 6) is 0.0389. The van der Waals surface area contributed by atoms with Crippen LogP contribution in [0.1, 0.15) is 29.4 Å². The van der Waals surface area contributed by atoms with E-state index < -0.39 is 0 Å². The second-order valence-electron chi connectivity index (χ2n) is 3.60. The molecule has 1 aromatic rings. The SMILES string of the molecule is Cc1sccc1C1OCCCC1C#N. The molecule has 0 spiro atoms. The molecule has 0 N–H and O–H groups in total. The minimum atomic E-state index is 0.0139. The maximum absolute atomic E-state index is 9.02. The number of nitriles is 1. The molecule has 0 saturated carbocycles. The Labute approximate surface area is 88.1 Å². The van der Waals surface area contributed by atoms with Crippen molar-refractivity contribution in [3.63, 3.8) is 0 Å². The van der Waals surface area contributed by atoms with Gasteiger partial charge in [0.2, 0.25) is 0 Å². The predicted octanol–water partition coefficient (Wildman–Crippen LogP) is 3.05. The quantitative estimate of drug-likeness (QED) is 0.709. The molecule has 1 saturated heterocycles. The Morgan fingerprint density at radius 1 is 1.64 bits per heavy atom. The van der Waals surface area contributed by atoms with E-state index in [4.69, 9.17) is 10.00 Å². The Morgan fingerprint density at radius 2 is 2.50 bits per heavy atom. The Kier molecular flexibility index (Phi) is 2.85. The molecule has 2 rings (SSSR count). The van der Waals surface area contributed by atoms with Gasteiger partial charge in [-0.15, -0.1) is 11.3 Å². The van der Waals surface area contributed by atoms with Crippen molar-refractivity contribution in [2.24, 2.45) is 5.92 Å². The van der Waals surface area contributed by atoms with E-state index >= 15 is 0 Å². The van der Waals surface area contributed by atoms with Crippen molar-refractivity contribution in [1.82, 2.24) is 0 Å². The van der Waals surface area contributed by atoms with Gasteiger partial charge in [-0.3, -0.25) is 0 Å². The van der Waals surface area contributed by atoms with E-state index in [0.717, 1.165) is 19.4 Å². The topological polar surface area (TPSA) is 33.0 Å². The first kappa shape index (κ1) is 9.70. The predicted molar refractivity (Wildman–Crippen MR) is 56.1 cm³/mol. The van der Waals surface area contributed by atoms with Crippen LogP contribution in [0.25, 0.3) is 0 Å². The Morgan fingerprint density at radius 3 is 3.14 bits per heavy atom. The van der Waals surface area contributed by atoms with Crippen LogP contribution in [0, 0.1) is 24.2 Å². The molecular formula is C11H13NOS. The number of hydrogen-bond acceptors (Lipinski definition) is 3. The van der Waals surface area contributed by atoms with E-state index in [-0.39, 0.29) is 12.0 Å². The number of aryl methyl sites for hydroxylation is 1. The summed E-state index contributed by atoms with van der Waals surface area (Å²) in [7, 11) is 0. The Balaban J connectivity index is 2.24. The smallest absolute Gasteiger partial charge is 0.0993 e. The molecule has 3 heteroatoms. The van der Waals surface area contributed by atoms with E-state index in [1.54, 1.807) is 11.3 Å². The van der Waals surface area contributed by atoms with Gasteiger partial charge in [-0.2, -0.15) is 5.26 Å². The van der Waals surface area contributed by atoms with Crippen molar-refractivity contribution in [2.45, 2.75) is 25.9 Å². The monoisotopic (exact) mass is 207 g/mol. The molecule has 14 heavy (non-hydrogen) atoms. The molecule has 0 aliphatic carbocycles. The summed E-state index contributed by atoms with van der Waals surface area (Å²) in [5, 5.41) is 11.1. The lowest BCUT2D eigenvalue weighted by molar-refractivity contribution is -0.0102. The Hall–Kier alpha value is -0.850. The van der Waals surface area contributed by atoms with E-state index in [1.807, 2.05) is 0 Å². The van der Waals surface area contributed by atoms with Gasteiger partial charge in [0, 0.05) is 11.5 Å². The van der Waals surface area contributed by atoms with Gasteiger partial charge >= 0.3 is 0 Å². The molecule has 2 atom stereocenters. The van der Waals surface area contributed by atoms with E-state index in [9.17, 15) is 0 Å². The first-order valence-corrected chi connectivity index (χ1v) is 5.76. The van der Waals surface area contributed by atoms with Gasteiger partial charge in [0.05, 0.1) is 18.1 Å². The highest BCUT2D eigenvalue weighted by atomic mass is 32.1. The molecule has 74 valence electrons. The summed E-state index contributed by atoms with van der Waals surface area (Å²) < 4.78 is 5.69. The van der Waals surface area contributed by atoms with Crippen LogP contribution in [-0.2, 0) is 4.74 Å². The number of nitrogens with zero attached hydrogens (tertiary/aromatic N) is 1. The average molecular weight is 207 g/mol. The van der Waals surface area contributed by atoms with Crippen LogP contribution in [0.15, 0.2) is 11.4 Å². The van der Waals surface area contributed by atoms with Crippen molar-refractivity contribution >= 4 is 11.3 Å². The van der Waals surface area contributed by atoms with E-state index in [0.29, 0.717) is 0 Å². The largest absolute Gasteiger partial charge is 0.372 e. The van der Waals surface area contributed by atoms with Crippen molar-refractivity contribution < 1.29 is 4.74 Å². The molecule has 1 aromatic heterocycles. The van der Waals surface area contributed by atoms with Gasteiger partial charge in [0.25, 0.3) is 0 Å². The Bertz CT molecular complexity index is 352. The van der Waals surface area contributed by atoms with Crippen LogP contribution in [0.3, 0.4) is 0 Å². The van der Waals surface area contributed by atoms with Gasteiger partial charge in [0.1, 0.15) is 0 Å². The minimum Gasteiger partial charge on any atom is -0.372 e. The lowest BCUT2D eigenvalue weighted by Crippen LogP contribution is -2.21. The summed E-state index contributed by atoms with van der Waals surface area (Å²) in [4.78, 5) is 1.28. The van der Waals surface area contributed by atoms with Crippen molar-refractivity contribution in [2.75, 3.05) is 6.61 Å². The maximum Gasteiger partial charge on any atom is 0.0993 e. The third-order valence-corrected chi connectivity index (χ3v) is 3.56. The van der Waals surface area contributed by atoms with E-state index in [2.05, 4.69) is 24.4 Å². The van der Waals surface area contributed by atoms with Gasteiger partial charge < -0.3 is 4.74 Å². The molecule has 1 fully saturated rings. The van der Waals surface area contributed by atoms with Crippen LogP contribution in [0.2, 0.25) is 0 Å². The second-order valence-corrected chi connectivity index (χ2v) is 4.72. The molecule has 2 unspecified atom stereocenters. The minimum absolute atomic E-state index is 0.0139. The van der Waals surface area contributed by atoms with Crippen LogP contribution < -0.4 is 0 Å². The number of hydrogen-bond donors (Lipinski definition) is 0. The molecule has 0 amide bonds. The summed E-state index contributed by atoms with van der Waals surface area (Å²) in [6.07, 6.45) is 1.99. The van der Waals surface area contributed by atoms with Crippen molar-refractivity contribution in [3.05, 3.63) is 21.9 Å². The zero-order valence-corrected chi connectivity index (χ0v) is 9.01. The fourth-order valence-corrected chi connectivity index (χ4v) is 2.65. The molecule has 0 radical (unpaired) electrons. The number of thiophene rings is 1. The summed E-state index contributed by atoms with van der Waals surface area (Å²) >= 11 is 1.72. The highest BCUT2D eigenvalue weighted by Crippen LogP contribution is 2.36. The summed E-state index contributed by atoms with van der Waals surface area (Å²) in [5.41, 5.74) is 1.21. The van der Waals surface area contributed by atoms with E-state index in [1.165, 1.54) is 10.4 Å². The summed E-state index contributed by atoms with van der Waals surface area (Å²) in [6, 6.07) is 4.43. The molecule has 2 nitrogen and oxygen atoms in total. The van der Waals surface area contributed by atoms with Gasteiger partial charge in [0.15, 0.2) is 0 Å². The zero-order valence-electron chi connectivity index (χ0n) is 8.19. The lowest BCUT2D eigenvalue weighted by atomic mass is 9.91. The zero-order chi connectivity index (χ0) is 9.97. The van der Waals surface area contributed by atoms with Crippen LogP contribution in [-0.4, -0.2) is 6.61 Å². The normalized spacial score (nSPS) is 27.1. The highest BCUT2D eigenvalue weighted by molar-refractivity contribution is 7.10. The summed E-state index contributed by atoms with van der Waals surface area (Å²) in [6.45, 7) is 2.88. The molecule has 1 aliphatic rings. The fourth-order valence-electron chi connectivity index (χ4n) is 1.91. The molecule has 0 bridgehead atoms. The number of ether oxygens (including phenoxy) is 1. The van der Waals surface area contributed by atoms with Crippen molar-refractivity contribution in [3.8, 4) is 6.07 Å². The second kappa shape index (κ2) is 4.12. The third-order valence-electron chi connectivity index (χ3n) is 2.69. The molecule has 1 aliphatic heterocycles. The van der Waals surface area contributed by atoms with Crippen LogP contribution in [0.5, 0.6) is 0 Å². The van der Waals surface area contributed by atoms with Crippen LogP contribution in [0.4, 0.5) is 0 Å². The van der Waals surface area contributed by atoms with Gasteiger partial charge in [-0.25, -0.2) is 0 Å². The highest BCUT2D eigenvalue weighted by Gasteiger charge is 2.28. The standard InChI is InChI=1S/C11H13NOS/c1-8-10(4-6-14-8)11-9(7-12)3-2-5-13-11/h4,6,9,11H,2-3,5H2,1H3. The van der Waals surface area contributed by atoms with Gasteiger partial charge in [-0.1, -0.05) is 0 Å². The third kappa shape index (κ3) is 1.68. The average Bonchev–Trinajstić information content (AvgIpc) is 2.64. The first-order valence-electron chi connectivity index (χ1n) is 4.88. The maximum atomic E-state index is 9.02. The van der Waals surface area contributed by atoms with Gasteiger partial charge in [-0.05, 0) is 36.8 Å². The molecule has 2 heterocycles. The number of rotatable bonds is 1. The molecular weight excluding hydrogens is 194 g/mol. The van der Waals surface area contributed by atoms with Crippen molar-refractivity contribution in [1.29, 1.82) is 5.26 Å². The lowest BCUT2D eigenvalue weighted by Gasteiger charge is -2.27.